The lowest BCUT2D eigenvalue weighted by molar-refractivity contribution is -0.0506. The minimum Gasteiger partial charge on any atom is -0.435 e. The van der Waals surface area contributed by atoms with Crippen molar-refractivity contribution in [2.45, 2.75) is 45.3 Å². The number of halogens is 3. The Bertz CT molecular complexity index is 459. The summed E-state index contributed by atoms with van der Waals surface area (Å²) in [5, 5.41) is 4.07. The van der Waals surface area contributed by atoms with Gasteiger partial charge in [-0.2, -0.15) is 8.78 Å². The first-order valence-electron chi connectivity index (χ1n) is 6.91. The molecule has 1 aliphatic heterocycles. The van der Waals surface area contributed by atoms with Crippen molar-refractivity contribution in [1.29, 1.82) is 0 Å². The molecule has 1 N–H and O–H groups in total. The van der Waals surface area contributed by atoms with Crippen molar-refractivity contribution in [3.63, 3.8) is 0 Å². The number of hydrogen-bond donors (Lipinski definition) is 1. The molecular formula is C15H20ClF2NO. The fourth-order valence-corrected chi connectivity index (χ4v) is 3.11. The van der Waals surface area contributed by atoms with Gasteiger partial charge in [0.1, 0.15) is 5.75 Å². The molecule has 2 nitrogen and oxygen atoms in total. The standard InChI is InChI=1S/C15H20ClF2NO/c1-10(2)15(6-3-7-19-15)9-11-8-12(16)4-5-13(11)20-14(17)18/h4-5,8,10,14,19H,3,6-7,9H2,1-2H3. The molecule has 0 spiro atoms. The maximum Gasteiger partial charge on any atom is 0.387 e. The van der Waals surface area contributed by atoms with Crippen LogP contribution >= 0.6 is 11.6 Å². The summed E-state index contributed by atoms with van der Waals surface area (Å²) in [5.41, 5.74) is 0.672. The van der Waals surface area contributed by atoms with Gasteiger partial charge in [-0.25, -0.2) is 0 Å². The van der Waals surface area contributed by atoms with Gasteiger partial charge in [0.15, 0.2) is 0 Å². The summed E-state index contributed by atoms with van der Waals surface area (Å²) < 4.78 is 29.6. The van der Waals surface area contributed by atoms with Crippen LogP contribution in [0.3, 0.4) is 0 Å². The summed E-state index contributed by atoms with van der Waals surface area (Å²) in [6, 6.07) is 4.82. The van der Waals surface area contributed by atoms with E-state index in [1.807, 2.05) is 0 Å². The molecule has 1 heterocycles. The second kappa shape index (κ2) is 6.27. The summed E-state index contributed by atoms with van der Waals surface area (Å²) >= 11 is 6.00. The van der Waals surface area contributed by atoms with Gasteiger partial charge in [0.25, 0.3) is 0 Å². The summed E-state index contributed by atoms with van der Waals surface area (Å²) in [5.74, 6) is 0.626. The molecule has 112 valence electrons. The van der Waals surface area contributed by atoms with Gasteiger partial charge in [-0.3, -0.25) is 0 Å². The van der Waals surface area contributed by atoms with Crippen molar-refractivity contribution in [3.05, 3.63) is 28.8 Å². The van der Waals surface area contributed by atoms with Crippen LogP contribution in [-0.4, -0.2) is 18.7 Å². The maximum absolute atomic E-state index is 12.5. The summed E-state index contributed by atoms with van der Waals surface area (Å²) in [6.07, 6.45) is 2.78. The van der Waals surface area contributed by atoms with Crippen LogP contribution < -0.4 is 10.1 Å². The van der Waals surface area contributed by atoms with Gasteiger partial charge in [-0.1, -0.05) is 25.4 Å². The number of benzene rings is 1. The normalized spacial score (nSPS) is 22.8. The molecule has 1 atom stereocenters. The molecule has 1 saturated heterocycles. The topological polar surface area (TPSA) is 21.3 Å². The lowest BCUT2D eigenvalue weighted by Crippen LogP contribution is -2.46. The van der Waals surface area contributed by atoms with Crippen LogP contribution in [0.15, 0.2) is 18.2 Å². The molecule has 1 aliphatic rings. The molecular weight excluding hydrogens is 284 g/mol. The highest BCUT2D eigenvalue weighted by Gasteiger charge is 2.37. The molecule has 0 radical (unpaired) electrons. The zero-order valence-electron chi connectivity index (χ0n) is 11.8. The minimum atomic E-state index is -2.82. The van der Waals surface area contributed by atoms with Gasteiger partial charge in [0.2, 0.25) is 0 Å². The first-order valence-corrected chi connectivity index (χ1v) is 7.29. The van der Waals surface area contributed by atoms with E-state index in [1.165, 1.54) is 6.07 Å². The van der Waals surface area contributed by atoms with Crippen LogP contribution in [-0.2, 0) is 6.42 Å². The molecule has 5 heteroatoms. The van der Waals surface area contributed by atoms with Gasteiger partial charge in [-0.05, 0) is 55.5 Å². The highest BCUT2D eigenvalue weighted by atomic mass is 35.5. The largest absolute Gasteiger partial charge is 0.435 e. The van der Waals surface area contributed by atoms with E-state index in [4.69, 9.17) is 11.6 Å². The zero-order chi connectivity index (χ0) is 14.8. The Morgan fingerprint density at radius 1 is 1.40 bits per heavy atom. The molecule has 1 aromatic carbocycles. The van der Waals surface area contributed by atoms with Crippen LogP contribution in [0.4, 0.5) is 8.78 Å². The van der Waals surface area contributed by atoms with Gasteiger partial charge in [-0.15, -0.1) is 0 Å². The first-order chi connectivity index (χ1) is 9.43. The third-order valence-corrected chi connectivity index (χ3v) is 4.36. The zero-order valence-corrected chi connectivity index (χ0v) is 12.5. The SMILES string of the molecule is CC(C)C1(Cc2cc(Cl)ccc2OC(F)F)CCCN1. The molecule has 1 fully saturated rings. The van der Waals surface area contributed by atoms with E-state index in [1.54, 1.807) is 12.1 Å². The fraction of sp³-hybridized carbons (Fsp3) is 0.600. The van der Waals surface area contributed by atoms with Crippen LogP contribution in [0, 0.1) is 5.92 Å². The van der Waals surface area contributed by atoms with Gasteiger partial charge < -0.3 is 10.1 Å². The third kappa shape index (κ3) is 3.41. The lowest BCUT2D eigenvalue weighted by Gasteiger charge is -2.34. The highest BCUT2D eigenvalue weighted by Crippen LogP contribution is 2.35. The van der Waals surface area contributed by atoms with Crippen LogP contribution in [0.1, 0.15) is 32.3 Å². The van der Waals surface area contributed by atoms with Crippen LogP contribution in [0.25, 0.3) is 0 Å². The molecule has 0 bridgehead atoms. The molecule has 0 aromatic heterocycles. The van der Waals surface area contributed by atoms with Crippen LogP contribution in [0.2, 0.25) is 5.02 Å². The Labute approximate surface area is 123 Å². The molecule has 20 heavy (non-hydrogen) atoms. The minimum absolute atomic E-state index is 0.0646. The molecule has 0 aliphatic carbocycles. The molecule has 1 unspecified atom stereocenters. The van der Waals surface area contributed by atoms with E-state index in [-0.39, 0.29) is 11.3 Å². The second-order valence-electron chi connectivity index (χ2n) is 5.65. The van der Waals surface area contributed by atoms with Gasteiger partial charge in [0, 0.05) is 10.6 Å². The van der Waals surface area contributed by atoms with E-state index in [0.29, 0.717) is 17.4 Å². The maximum atomic E-state index is 12.5. The predicted octanol–water partition coefficient (Wildman–Crippen LogP) is 4.26. The molecule has 0 amide bonds. The Hall–Kier alpha value is -0.870. The fourth-order valence-electron chi connectivity index (χ4n) is 2.91. The monoisotopic (exact) mass is 303 g/mol. The van der Waals surface area contributed by atoms with Crippen molar-refractivity contribution in [2.24, 2.45) is 5.92 Å². The van der Waals surface area contributed by atoms with E-state index in [0.717, 1.165) is 24.9 Å². The highest BCUT2D eigenvalue weighted by molar-refractivity contribution is 6.30. The van der Waals surface area contributed by atoms with Crippen LogP contribution in [0.5, 0.6) is 5.75 Å². The number of ether oxygens (including phenoxy) is 1. The van der Waals surface area contributed by atoms with E-state index >= 15 is 0 Å². The smallest absolute Gasteiger partial charge is 0.387 e. The average Bonchev–Trinajstić information content (AvgIpc) is 2.82. The summed E-state index contributed by atoms with van der Waals surface area (Å²) in [4.78, 5) is 0. The quantitative estimate of drug-likeness (QED) is 0.877. The number of nitrogens with one attached hydrogen (secondary N) is 1. The number of hydrogen-bond acceptors (Lipinski definition) is 2. The van der Waals surface area contributed by atoms with Crippen molar-refractivity contribution in [1.82, 2.24) is 5.32 Å². The summed E-state index contributed by atoms with van der Waals surface area (Å²) in [7, 11) is 0. The van der Waals surface area contributed by atoms with Gasteiger partial charge in [0.05, 0.1) is 0 Å². The molecule has 2 rings (SSSR count). The van der Waals surface area contributed by atoms with E-state index in [2.05, 4.69) is 23.9 Å². The first kappa shape index (κ1) is 15.5. The molecule has 1 aromatic rings. The van der Waals surface area contributed by atoms with Gasteiger partial charge >= 0.3 is 6.61 Å². The third-order valence-electron chi connectivity index (χ3n) is 4.13. The second-order valence-corrected chi connectivity index (χ2v) is 6.08. The van der Waals surface area contributed by atoms with Crippen molar-refractivity contribution in [3.8, 4) is 5.75 Å². The molecule has 0 saturated carbocycles. The van der Waals surface area contributed by atoms with Crippen molar-refractivity contribution < 1.29 is 13.5 Å². The Balaban J connectivity index is 2.28. The Morgan fingerprint density at radius 3 is 2.70 bits per heavy atom. The number of alkyl halides is 2. The van der Waals surface area contributed by atoms with E-state index < -0.39 is 6.61 Å². The average molecular weight is 304 g/mol. The van der Waals surface area contributed by atoms with E-state index in [9.17, 15) is 8.78 Å². The number of rotatable bonds is 5. The predicted molar refractivity (Wildman–Crippen MR) is 76.6 cm³/mol. The van der Waals surface area contributed by atoms with Crippen molar-refractivity contribution in [2.75, 3.05) is 6.54 Å². The summed E-state index contributed by atoms with van der Waals surface area (Å²) in [6.45, 7) is 2.44. The Kier molecular flexibility index (Phi) is 4.86. The Morgan fingerprint density at radius 2 is 2.15 bits per heavy atom. The van der Waals surface area contributed by atoms with Crippen molar-refractivity contribution >= 4 is 11.6 Å². The lowest BCUT2D eigenvalue weighted by atomic mass is 9.79.